The van der Waals surface area contributed by atoms with Gasteiger partial charge in [0.15, 0.2) is 0 Å². The van der Waals surface area contributed by atoms with Crippen molar-refractivity contribution in [3.63, 3.8) is 0 Å². The molecule has 0 amide bonds. The molecule has 0 radical (unpaired) electrons. The van der Waals surface area contributed by atoms with Crippen LogP contribution in [0.1, 0.15) is 22.5 Å². The van der Waals surface area contributed by atoms with Gasteiger partial charge < -0.3 is 5.11 Å². The van der Waals surface area contributed by atoms with Gasteiger partial charge in [-0.1, -0.05) is 24.3 Å². The van der Waals surface area contributed by atoms with Crippen molar-refractivity contribution in [3.05, 3.63) is 58.5 Å². The molecule has 4 rings (SSSR count). The molecule has 2 heterocycles. The third-order valence-corrected chi connectivity index (χ3v) is 5.80. The van der Waals surface area contributed by atoms with E-state index in [1.165, 1.54) is 4.70 Å². The molecule has 0 fully saturated rings. The van der Waals surface area contributed by atoms with Crippen molar-refractivity contribution in [1.29, 1.82) is 0 Å². The Labute approximate surface area is 135 Å². The van der Waals surface area contributed by atoms with Gasteiger partial charge in [0.2, 0.25) is 0 Å². The molecule has 0 aliphatic rings. The van der Waals surface area contributed by atoms with Crippen molar-refractivity contribution in [3.8, 4) is 0 Å². The van der Waals surface area contributed by atoms with Crippen LogP contribution in [-0.4, -0.2) is 15.1 Å². The fourth-order valence-electron chi connectivity index (χ4n) is 2.44. The van der Waals surface area contributed by atoms with Gasteiger partial charge in [-0.05, 0) is 30.7 Å². The number of benzene rings is 2. The summed E-state index contributed by atoms with van der Waals surface area (Å²) in [5.74, 6) is 0. The van der Waals surface area contributed by atoms with Crippen LogP contribution in [0.4, 0.5) is 0 Å². The lowest BCUT2D eigenvalue weighted by molar-refractivity contribution is 0.167. The van der Waals surface area contributed by atoms with E-state index in [0.717, 1.165) is 32.2 Å². The third-order valence-electron chi connectivity index (χ3n) is 3.57. The first kappa shape index (κ1) is 13.8. The molecule has 2 aromatic carbocycles. The molecule has 1 N–H and O–H groups in total. The molecule has 0 saturated carbocycles. The van der Waals surface area contributed by atoms with Gasteiger partial charge in [0.25, 0.3) is 0 Å². The van der Waals surface area contributed by atoms with Gasteiger partial charge in [0.1, 0.15) is 11.1 Å². The maximum absolute atomic E-state index is 10.4. The number of rotatable bonds is 4. The lowest BCUT2D eigenvalue weighted by Gasteiger charge is -2.04. The Balaban J connectivity index is 1.50. The Kier molecular flexibility index (Phi) is 3.62. The molecule has 3 nitrogen and oxygen atoms in total. The smallest absolute Gasteiger partial charge is 0.123 e. The van der Waals surface area contributed by atoms with Crippen LogP contribution in [0.5, 0.6) is 0 Å². The molecule has 22 heavy (non-hydrogen) atoms. The average molecular weight is 326 g/mol. The molecule has 0 saturated heterocycles. The van der Waals surface area contributed by atoms with E-state index in [-0.39, 0.29) is 0 Å². The van der Waals surface area contributed by atoms with Gasteiger partial charge >= 0.3 is 0 Å². The lowest BCUT2D eigenvalue weighted by Crippen LogP contribution is -1.98. The highest BCUT2D eigenvalue weighted by Crippen LogP contribution is 2.30. The molecule has 1 atom stereocenters. The summed E-state index contributed by atoms with van der Waals surface area (Å²) in [5.41, 5.74) is 2.00. The topological polar surface area (TPSA) is 46.0 Å². The van der Waals surface area contributed by atoms with Gasteiger partial charge in [-0.25, -0.2) is 9.97 Å². The summed E-state index contributed by atoms with van der Waals surface area (Å²) in [6, 6.07) is 16.1. The standard InChI is InChI=1S/C17H14N2OS2/c20-13(17-19-12-6-2-4-8-15(12)22-17)9-10-16-18-11-5-1-3-7-14(11)21-16/h1-8,13,20H,9-10H2/t13-/m0/s1. The molecule has 5 heteroatoms. The van der Waals surface area contributed by atoms with Gasteiger partial charge in [0, 0.05) is 6.42 Å². The van der Waals surface area contributed by atoms with Crippen LogP contribution in [-0.2, 0) is 6.42 Å². The first-order valence-corrected chi connectivity index (χ1v) is 8.81. The highest BCUT2D eigenvalue weighted by Gasteiger charge is 2.14. The molecule has 0 aliphatic heterocycles. The van der Waals surface area contributed by atoms with Crippen LogP contribution in [0.15, 0.2) is 48.5 Å². The van der Waals surface area contributed by atoms with Crippen LogP contribution >= 0.6 is 22.7 Å². The van der Waals surface area contributed by atoms with E-state index < -0.39 is 6.10 Å². The molecule has 0 aliphatic carbocycles. The molecular weight excluding hydrogens is 312 g/mol. The first-order chi connectivity index (χ1) is 10.8. The summed E-state index contributed by atoms with van der Waals surface area (Å²) in [4.78, 5) is 9.13. The van der Waals surface area contributed by atoms with Gasteiger partial charge in [0.05, 0.1) is 25.4 Å². The molecule has 110 valence electrons. The molecule has 0 unspecified atom stereocenters. The quantitative estimate of drug-likeness (QED) is 0.597. The number of fused-ring (bicyclic) bond motifs is 2. The summed E-state index contributed by atoms with van der Waals surface area (Å²) >= 11 is 3.27. The minimum Gasteiger partial charge on any atom is -0.386 e. The largest absolute Gasteiger partial charge is 0.386 e. The number of aliphatic hydroxyl groups is 1. The number of aliphatic hydroxyl groups excluding tert-OH is 1. The zero-order chi connectivity index (χ0) is 14.9. The summed E-state index contributed by atoms with van der Waals surface area (Å²) < 4.78 is 2.32. The van der Waals surface area contributed by atoms with Crippen molar-refractivity contribution >= 4 is 43.1 Å². The van der Waals surface area contributed by atoms with E-state index in [4.69, 9.17) is 0 Å². The minimum atomic E-state index is -0.524. The SMILES string of the molecule is O[C@@H](CCc1nc2ccccc2s1)c1nc2ccccc2s1. The van der Waals surface area contributed by atoms with Crippen molar-refractivity contribution in [2.75, 3.05) is 0 Å². The van der Waals surface area contributed by atoms with E-state index in [0.29, 0.717) is 6.42 Å². The van der Waals surface area contributed by atoms with Crippen LogP contribution in [0.2, 0.25) is 0 Å². The predicted molar refractivity (Wildman–Crippen MR) is 92.5 cm³/mol. The number of thiazole rings is 2. The van der Waals surface area contributed by atoms with E-state index in [1.807, 2.05) is 42.5 Å². The van der Waals surface area contributed by atoms with Crippen LogP contribution in [0, 0.1) is 0 Å². The Morgan fingerprint density at radius 3 is 2.18 bits per heavy atom. The Hall–Kier alpha value is -1.82. The Bertz CT molecular complexity index is 862. The number of aryl methyl sites for hydroxylation is 1. The zero-order valence-electron chi connectivity index (χ0n) is 11.8. The molecule has 2 aromatic heterocycles. The monoisotopic (exact) mass is 326 g/mol. The van der Waals surface area contributed by atoms with E-state index >= 15 is 0 Å². The maximum Gasteiger partial charge on any atom is 0.123 e. The summed E-state index contributed by atoms with van der Waals surface area (Å²) in [5, 5.41) is 12.2. The number of hydrogen-bond donors (Lipinski definition) is 1. The van der Waals surface area contributed by atoms with Crippen molar-refractivity contribution < 1.29 is 5.11 Å². The van der Waals surface area contributed by atoms with Crippen molar-refractivity contribution in [2.24, 2.45) is 0 Å². The maximum atomic E-state index is 10.4. The Morgan fingerprint density at radius 2 is 1.50 bits per heavy atom. The number of para-hydroxylation sites is 2. The van der Waals surface area contributed by atoms with E-state index in [9.17, 15) is 5.11 Å². The molecule has 0 bridgehead atoms. The van der Waals surface area contributed by atoms with Gasteiger partial charge in [-0.3, -0.25) is 0 Å². The van der Waals surface area contributed by atoms with E-state index in [1.54, 1.807) is 22.7 Å². The molecule has 0 spiro atoms. The highest BCUT2D eigenvalue weighted by molar-refractivity contribution is 7.19. The lowest BCUT2D eigenvalue weighted by atomic mass is 10.2. The predicted octanol–water partition coefficient (Wildman–Crippen LogP) is 4.57. The van der Waals surface area contributed by atoms with Crippen molar-refractivity contribution in [1.82, 2.24) is 9.97 Å². The summed E-state index contributed by atoms with van der Waals surface area (Å²) in [7, 11) is 0. The number of hydrogen-bond acceptors (Lipinski definition) is 5. The van der Waals surface area contributed by atoms with Crippen LogP contribution in [0.3, 0.4) is 0 Å². The first-order valence-electron chi connectivity index (χ1n) is 7.17. The second-order valence-corrected chi connectivity index (χ2v) is 7.33. The van der Waals surface area contributed by atoms with Crippen molar-refractivity contribution in [2.45, 2.75) is 18.9 Å². The van der Waals surface area contributed by atoms with E-state index in [2.05, 4.69) is 16.0 Å². The second kappa shape index (κ2) is 5.76. The fraction of sp³-hybridized carbons (Fsp3) is 0.176. The molecular formula is C17H14N2OS2. The normalized spacial score (nSPS) is 13.0. The highest BCUT2D eigenvalue weighted by atomic mass is 32.1. The Morgan fingerprint density at radius 1 is 0.864 bits per heavy atom. The summed E-state index contributed by atoms with van der Waals surface area (Å²) in [6.45, 7) is 0. The van der Waals surface area contributed by atoms with Crippen LogP contribution < -0.4 is 0 Å². The average Bonchev–Trinajstić information content (AvgIpc) is 3.15. The third kappa shape index (κ3) is 2.63. The number of nitrogens with zero attached hydrogens (tertiary/aromatic N) is 2. The van der Waals surface area contributed by atoms with Crippen LogP contribution in [0.25, 0.3) is 20.4 Å². The molecule has 4 aromatic rings. The minimum absolute atomic E-state index is 0.524. The van der Waals surface area contributed by atoms with Gasteiger partial charge in [-0.2, -0.15) is 0 Å². The fourth-order valence-corrected chi connectivity index (χ4v) is 4.41. The summed E-state index contributed by atoms with van der Waals surface area (Å²) in [6.07, 6.45) is 0.903. The number of aromatic nitrogens is 2. The van der Waals surface area contributed by atoms with Gasteiger partial charge in [-0.15, -0.1) is 22.7 Å². The second-order valence-electron chi connectivity index (χ2n) is 5.15. The zero-order valence-corrected chi connectivity index (χ0v) is 13.4.